The number of phenols is 1. The van der Waals surface area contributed by atoms with E-state index in [0.29, 0.717) is 0 Å². The molecule has 0 fully saturated rings. The molecule has 0 saturated heterocycles. The van der Waals surface area contributed by atoms with Crippen LogP contribution in [0, 0.1) is 5.82 Å². The standard InChI is InChI=1S/C15H22FNO5/c1-15(2,3)22-14(21)17-7-6-12(19)13(20)10-8-9(16)4-5-11(10)18/h4-5,8,12-13,18-20H,6-7H2,1-3H3,(H,17,21). The van der Waals surface area contributed by atoms with Crippen molar-refractivity contribution in [3.63, 3.8) is 0 Å². The van der Waals surface area contributed by atoms with Crippen molar-refractivity contribution >= 4 is 6.09 Å². The minimum absolute atomic E-state index is 0.0103. The molecule has 6 nitrogen and oxygen atoms in total. The largest absolute Gasteiger partial charge is 0.508 e. The first kappa shape index (κ1) is 18.2. The van der Waals surface area contributed by atoms with Crippen LogP contribution in [0.4, 0.5) is 9.18 Å². The number of carbonyl (C=O) groups excluding carboxylic acids is 1. The lowest BCUT2D eigenvalue weighted by Crippen LogP contribution is -2.34. The Morgan fingerprint density at radius 3 is 2.59 bits per heavy atom. The number of aromatic hydroxyl groups is 1. The molecule has 1 rings (SSSR count). The van der Waals surface area contributed by atoms with Crippen LogP contribution in [0.2, 0.25) is 0 Å². The fourth-order valence-corrected chi connectivity index (χ4v) is 1.76. The summed E-state index contributed by atoms with van der Waals surface area (Å²) in [5.74, 6) is -0.945. The van der Waals surface area contributed by atoms with Crippen LogP contribution in [-0.4, -0.2) is 39.7 Å². The third-order valence-corrected chi connectivity index (χ3v) is 2.78. The van der Waals surface area contributed by atoms with E-state index < -0.39 is 29.7 Å². The van der Waals surface area contributed by atoms with Gasteiger partial charge in [0.25, 0.3) is 0 Å². The fourth-order valence-electron chi connectivity index (χ4n) is 1.76. The van der Waals surface area contributed by atoms with Crippen LogP contribution >= 0.6 is 0 Å². The first-order valence-electron chi connectivity index (χ1n) is 6.91. The SMILES string of the molecule is CC(C)(C)OC(=O)NCCC(O)C(O)c1cc(F)ccc1O. The van der Waals surface area contributed by atoms with Crippen LogP contribution in [-0.2, 0) is 4.74 Å². The van der Waals surface area contributed by atoms with E-state index in [-0.39, 0.29) is 24.3 Å². The molecule has 2 atom stereocenters. The Hall–Kier alpha value is -1.86. The van der Waals surface area contributed by atoms with Crippen molar-refractivity contribution in [1.29, 1.82) is 0 Å². The molecule has 0 bridgehead atoms. The number of halogens is 1. The summed E-state index contributed by atoms with van der Waals surface area (Å²) >= 11 is 0. The first-order chi connectivity index (χ1) is 10.1. The van der Waals surface area contributed by atoms with E-state index in [1.54, 1.807) is 20.8 Å². The van der Waals surface area contributed by atoms with E-state index in [0.717, 1.165) is 18.2 Å². The predicted molar refractivity (Wildman–Crippen MR) is 77.9 cm³/mol. The molecule has 0 aliphatic heterocycles. The monoisotopic (exact) mass is 315 g/mol. The van der Waals surface area contributed by atoms with Crippen molar-refractivity contribution in [3.8, 4) is 5.75 Å². The molecule has 1 aromatic carbocycles. The van der Waals surface area contributed by atoms with Crippen molar-refractivity contribution in [2.45, 2.75) is 45.0 Å². The lowest BCUT2D eigenvalue weighted by atomic mass is 10.0. The summed E-state index contributed by atoms with van der Waals surface area (Å²) < 4.78 is 18.1. The van der Waals surface area contributed by atoms with Crippen LogP contribution in [0.3, 0.4) is 0 Å². The molecule has 0 aromatic heterocycles. The number of alkyl carbamates (subject to hydrolysis) is 1. The molecule has 7 heteroatoms. The molecular weight excluding hydrogens is 293 g/mol. The lowest BCUT2D eigenvalue weighted by Gasteiger charge is -2.21. The molecule has 0 aliphatic carbocycles. The smallest absolute Gasteiger partial charge is 0.407 e. The molecule has 1 aromatic rings. The average Bonchev–Trinajstić information content (AvgIpc) is 2.38. The number of hydrogen-bond acceptors (Lipinski definition) is 5. The Morgan fingerprint density at radius 1 is 1.36 bits per heavy atom. The Balaban J connectivity index is 2.50. The highest BCUT2D eigenvalue weighted by Crippen LogP contribution is 2.28. The average molecular weight is 315 g/mol. The number of hydrogen-bond donors (Lipinski definition) is 4. The maximum absolute atomic E-state index is 13.1. The van der Waals surface area contributed by atoms with Gasteiger partial charge in [-0.2, -0.15) is 0 Å². The molecule has 0 heterocycles. The van der Waals surface area contributed by atoms with E-state index in [2.05, 4.69) is 5.32 Å². The lowest BCUT2D eigenvalue weighted by molar-refractivity contribution is 0.0109. The van der Waals surface area contributed by atoms with Crippen molar-refractivity contribution in [3.05, 3.63) is 29.6 Å². The number of phenolic OH excluding ortho intramolecular Hbond substituents is 1. The quantitative estimate of drug-likeness (QED) is 0.664. The predicted octanol–water partition coefficient (Wildman–Crippen LogP) is 1.84. The maximum atomic E-state index is 13.1. The Labute approximate surface area is 128 Å². The van der Waals surface area contributed by atoms with Crippen molar-refractivity contribution in [1.82, 2.24) is 5.32 Å². The van der Waals surface area contributed by atoms with Crippen molar-refractivity contribution in [2.75, 3.05) is 6.54 Å². The van der Waals surface area contributed by atoms with Gasteiger partial charge in [-0.25, -0.2) is 9.18 Å². The second-order valence-electron chi connectivity index (χ2n) is 5.93. The fraction of sp³-hybridized carbons (Fsp3) is 0.533. The van der Waals surface area contributed by atoms with Crippen LogP contribution in [0.1, 0.15) is 38.9 Å². The highest BCUT2D eigenvalue weighted by Gasteiger charge is 2.22. The second kappa shape index (κ2) is 7.42. The number of aliphatic hydroxyl groups excluding tert-OH is 2. The van der Waals surface area contributed by atoms with Gasteiger partial charge in [0.1, 0.15) is 23.3 Å². The zero-order chi connectivity index (χ0) is 16.9. The van der Waals surface area contributed by atoms with Gasteiger partial charge in [0.15, 0.2) is 0 Å². The molecule has 4 N–H and O–H groups in total. The number of ether oxygens (including phenoxy) is 1. The molecule has 0 saturated carbocycles. The van der Waals surface area contributed by atoms with Crippen molar-refractivity contribution in [2.24, 2.45) is 0 Å². The molecule has 1 amide bonds. The van der Waals surface area contributed by atoms with Gasteiger partial charge in [0.05, 0.1) is 6.10 Å². The Bertz CT molecular complexity index is 515. The Morgan fingerprint density at radius 2 is 2.00 bits per heavy atom. The van der Waals surface area contributed by atoms with E-state index in [1.165, 1.54) is 0 Å². The highest BCUT2D eigenvalue weighted by molar-refractivity contribution is 5.67. The maximum Gasteiger partial charge on any atom is 0.407 e. The molecule has 2 unspecified atom stereocenters. The topological polar surface area (TPSA) is 99.0 Å². The van der Waals surface area contributed by atoms with Gasteiger partial charge in [0.2, 0.25) is 0 Å². The third-order valence-electron chi connectivity index (χ3n) is 2.78. The molecule has 124 valence electrons. The van der Waals surface area contributed by atoms with Crippen molar-refractivity contribution < 1.29 is 29.2 Å². The summed E-state index contributed by atoms with van der Waals surface area (Å²) in [6, 6.07) is 3.09. The first-order valence-corrected chi connectivity index (χ1v) is 6.91. The van der Waals surface area contributed by atoms with Crippen LogP contribution in [0.15, 0.2) is 18.2 Å². The minimum Gasteiger partial charge on any atom is -0.508 e. The highest BCUT2D eigenvalue weighted by atomic mass is 19.1. The molecular formula is C15H22FNO5. The molecule has 0 aliphatic rings. The van der Waals surface area contributed by atoms with Gasteiger partial charge in [-0.3, -0.25) is 0 Å². The van der Waals surface area contributed by atoms with Crippen LogP contribution in [0.25, 0.3) is 0 Å². The van der Waals surface area contributed by atoms with Crippen LogP contribution < -0.4 is 5.32 Å². The summed E-state index contributed by atoms with van der Waals surface area (Å²) in [7, 11) is 0. The van der Waals surface area contributed by atoms with Gasteiger partial charge in [0, 0.05) is 12.1 Å². The summed E-state index contributed by atoms with van der Waals surface area (Å²) in [5.41, 5.74) is -0.736. The van der Waals surface area contributed by atoms with Gasteiger partial charge in [-0.15, -0.1) is 0 Å². The number of nitrogens with one attached hydrogen (secondary N) is 1. The zero-order valence-corrected chi connectivity index (χ0v) is 12.8. The number of amides is 1. The summed E-state index contributed by atoms with van der Waals surface area (Å²) in [4.78, 5) is 11.4. The third kappa shape index (κ3) is 5.87. The Kier molecular flexibility index (Phi) is 6.13. The molecule has 0 spiro atoms. The molecule has 0 radical (unpaired) electrons. The van der Waals surface area contributed by atoms with E-state index >= 15 is 0 Å². The number of benzene rings is 1. The number of aliphatic hydroxyl groups is 2. The second-order valence-corrected chi connectivity index (χ2v) is 5.93. The zero-order valence-electron chi connectivity index (χ0n) is 12.8. The number of rotatable bonds is 5. The number of carbonyl (C=O) groups is 1. The van der Waals surface area contributed by atoms with Gasteiger partial charge < -0.3 is 25.4 Å². The van der Waals surface area contributed by atoms with Gasteiger partial charge in [-0.05, 0) is 45.4 Å². The van der Waals surface area contributed by atoms with Crippen LogP contribution in [0.5, 0.6) is 5.75 Å². The normalized spacial score (nSPS) is 14.3. The minimum atomic E-state index is -1.46. The summed E-state index contributed by atoms with van der Waals surface area (Å²) in [6.07, 6.45) is -3.36. The summed E-state index contributed by atoms with van der Waals surface area (Å²) in [5, 5.41) is 31.8. The van der Waals surface area contributed by atoms with Gasteiger partial charge >= 0.3 is 6.09 Å². The van der Waals surface area contributed by atoms with E-state index in [4.69, 9.17) is 4.74 Å². The van der Waals surface area contributed by atoms with Gasteiger partial charge in [-0.1, -0.05) is 0 Å². The van der Waals surface area contributed by atoms with E-state index in [9.17, 15) is 24.5 Å². The summed E-state index contributed by atoms with van der Waals surface area (Å²) in [6.45, 7) is 5.22. The molecule has 22 heavy (non-hydrogen) atoms. The van der Waals surface area contributed by atoms with E-state index in [1.807, 2.05) is 0 Å².